The summed E-state index contributed by atoms with van der Waals surface area (Å²) in [5.74, 6) is -1.92. The van der Waals surface area contributed by atoms with Crippen LogP contribution in [0.3, 0.4) is 0 Å². The summed E-state index contributed by atoms with van der Waals surface area (Å²) in [7, 11) is 0. The second-order valence-corrected chi connectivity index (χ2v) is 8.75. The van der Waals surface area contributed by atoms with Crippen LogP contribution >= 0.6 is 11.6 Å². The van der Waals surface area contributed by atoms with Crippen LogP contribution in [0, 0.1) is 11.7 Å². The highest BCUT2D eigenvalue weighted by molar-refractivity contribution is 6.30. The molecule has 3 amide bonds. The SMILES string of the molecule is O=C[C@H](C[C@@H]1CCNC1=O)NC(=O)[C@H](Cc1ccccc1)NC(=O)CCc1ccc(Cl)cc1F. The van der Waals surface area contributed by atoms with Crippen LogP contribution in [-0.2, 0) is 32.0 Å². The highest BCUT2D eigenvalue weighted by Gasteiger charge is 2.29. The first kappa shape index (κ1) is 25.4. The van der Waals surface area contributed by atoms with Crippen LogP contribution in [0.15, 0.2) is 48.5 Å². The lowest BCUT2D eigenvalue weighted by molar-refractivity contribution is -0.130. The normalized spacial score (nSPS) is 16.9. The molecule has 1 heterocycles. The van der Waals surface area contributed by atoms with Crippen molar-refractivity contribution in [2.45, 2.75) is 44.2 Å². The summed E-state index contributed by atoms with van der Waals surface area (Å²) in [6.07, 6.45) is 1.73. The van der Waals surface area contributed by atoms with E-state index in [0.717, 1.165) is 5.56 Å². The topological polar surface area (TPSA) is 104 Å². The van der Waals surface area contributed by atoms with E-state index in [4.69, 9.17) is 11.6 Å². The van der Waals surface area contributed by atoms with Crippen molar-refractivity contribution in [2.24, 2.45) is 5.92 Å². The van der Waals surface area contributed by atoms with Gasteiger partial charge in [-0.1, -0.05) is 48.0 Å². The summed E-state index contributed by atoms with van der Waals surface area (Å²) in [5.41, 5.74) is 1.17. The van der Waals surface area contributed by atoms with Crippen LogP contribution in [0.25, 0.3) is 0 Å². The van der Waals surface area contributed by atoms with E-state index in [1.807, 2.05) is 30.3 Å². The average molecular weight is 488 g/mol. The van der Waals surface area contributed by atoms with Gasteiger partial charge in [-0.25, -0.2) is 4.39 Å². The van der Waals surface area contributed by atoms with Gasteiger partial charge in [0.05, 0.1) is 6.04 Å². The lowest BCUT2D eigenvalue weighted by atomic mass is 9.98. The number of carbonyl (C=O) groups excluding carboxylic acids is 4. The van der Waals surface area contributed by atoms with Crippen LogP contribution in [0.4, 0.5) is 4.39 Å². The van der Waals surface area contributed by atoms with Gasteiger partial charge < -0.3 is 20.7 Å². The molecule has 34 heavy (non-hydrogen) atoms. The molecule has 7 nitrogen and oxygen atoms in total. The first-order valence-electron chi connectivity index (χ1n) is 11.2. The number of halogens is 2. The van der Waals surface area contributed by atoms with Crippen molar-refractivity contribution in [3.8, 4) is 0 Å². The first-order valence-corrected chi connectivity index (χ1v) is 11.5. The third-order valence-corrected chi connectivity index (χ3v) is 6.00. The van der Waals surface area contributed by atoms with E-state index in [-0.39, 0.29) is 42.5 Å². The summed E-state index contributed by atoms with van der Waals surface area (Å²) < 4.78 is 14.0. The van der Waals surface area contributed by atoms with Crippen LogP contribution in [0.5, 0.6) is 0 Å². The second kappa shape index (κ2) is 12.3. The molecule has 0 saturated carbocycles. The fourth-order valence-corrected chi connectivity index (χ4v) is 4.07. The predicted molar refractivity (Wildman–Crippen MR) is 126 cm³/mol. The molecule has 1 aliphatic rings. The minimum atomic E-state index is -0.940. The molecule has 0 bridgehead atoms. The second-order valence-electron chi connectivity index (χ2n) is 8.31. The molecule has 0 unspecified atom stereocenters. The molecule has 1 saturated heterocycles. The molecule has 1 aliphatic heterocycles. The van der Waals surface area contributed by atoms with E-state index in [1.165, 1.54) is 12.1 Å². The van der Waals surface area contributed by atoms with E-state index in [9.17, 15) is 23.6 Å². The van der Waals surface area contributed by atoms with Gasteiger partial charge in [0.15, 0.2) is 0 Å². The van der Waals surface area contributed by atoms with Crippen molar-refractivity contribution in [1.82, 2.24) is 16.0 Å². The van der Waals surface area contributed by atoms with Crippen LogP contribution in [-0.4, -0.2) is 42.6 Å². The summed E-state index contributed by atoms with van der Waals surface area (Å²) in [6.45, 7) is 0.546. The molecule has 0 spiro atoms. The number of aldehydes is 1. The van der Waals surface area contributed by atoms with Crippen molar-refractivity contribution in [3.63, 3.8) is 0 Å². The Morgan fingerprint density at radius 3 is 2.59 bits per heavy atom. The van der Waals surface area contributed by atoms with Gasteiger partial charge in [-0.3, -0.25) is 14.4 Å². The van der Waals surface area contributed by atoms with Gasteiger partial charge in [-0.05, 0) is 42.5 Å². The Labute approximate surface area is 202 Å². The van der Waals surface area contributed by atoms with Crippen molar-refractivity contribution in [1.29, 1.82) is 0 Å². The molecule has 1 fully saturated rings. The van der Waals surface area contributed by atoms with Gasteiger partial charge >= 0.3 is 0 Å². The Morgan fingerprint density at radius 1 is 1.18 bits per heavy atom. The summed E-state index contributed by atoms with van der Waals surface area (Å²) in [6, 6.07) is 11.6. The molecule has 9 heteroatoms. The van der Waals surface area contributed by atoms with Gasteiger partial charge in [0.1, 0.15) is 18.1 Å². The molecule has 0 aromatic heterocycles. The minimum absolute atomic E-state index is 0.0313. The van der Waals surface area contributed by atoms with Crippen molar-refractivity contribution in [2.75, 3.05) is 6.54 Å². The van der Waals surface area contributed by atoms with E-state index < -0.39 is 29.7 Å². The number of nitrogens with one attached hydrogen (secondary N) is 3. The van der Waals surface area contributed by atoms with Crippen molar-refractivity contribution in [3.05, 3.63) is 70.5 Å². The third-order valence-electron chi connectivity index (χ3n) is 5.76. The molecule has 2 aromatic rings. The van der Waals surface area contributed by atoms with Gasteiger partial charge in [0.2, 0.25) is 17.7 Å². The maximum atomic E-state index is 14.0. The first-order chi connectivity index (χ1) is 16.4. The summed E-state index contributed by atoms with van der Waals surface area (Å²) in [4.78, 5) is 49.0. The Bertz CT molecular complexity index is 1030. The molecule has 180 valence electrons. The number of benzene rings is 2. The fraction of sp³-hybridized carbons (Fsp3) is 0.360. The van der Waals surface area contributed by atoms with Crippen LogP contribution in [0.1, 0.15) is 30.4 Å². The maximum Gasteiger partial charge on any atom is 0.243 e. The number of amides is 3. The van der Waals surface area contributed by atoms with Gasteiger partial charge in [0.25, 0.3) is 0 Å². The molecular weight excluding hydrogens is 461 g/mol. The van der Waals surface area contributed by atoms with E-state index in [1.54, 1.807) is 6.07 Å². The van der Waals surface area contributed by atoms with Crippen LogP contribution in [0.2, 0.25) is 5.02 Å². The zero-order valence-corrected chi connectivity index (χ0v) is 19.3. The summed E-state index contributed by atoms with van der Waals surface area (Å²) >= 11 is 5.76. The number of carbonyl (C=O) groups is 4. The number of hydrogen-bond donors (Lipinski definition) is 3. The molecule has 3 N–H and O–H groups in total. The minimum Gasteiger partial charge on any atom is -0.356 e. The van der Waals surface area contributed by atoms with E-state index in [2.05, 4.69) is 16.0 Å². The highest BCUT2D eigenvalue weighted by Crippen LogP contribution is 2.17. The zero-order valence-electron chi connectivity index (χ0n) is 18.6. The Balaban J connectivity index is 1.64. The maximum absolute atomic E-state index is 14.0. The lowest BCUT2D eigenvalue weighted by Crippen LogP contribution is -2.51. The zero-order chi connectivity index (χ0) is 24.5. The molecule has 3 atom stereocenters. The Morgan fingerprint density at radius 2 is 1.94 bits per heavy atom. The molecule has 2 aromatic carbocycles. The van der Waals surface area contributed by atoms with Crippen molar-refractivity contribution < 1.29 is 23.6 Å². The monoisotopic (exact) mass is 487 g/mol. The fourth-order valence-electron chi connectivity index (χ4n) is 3.91. The smallest absolute Gasteiger partial charge is 0.243 e. The van der Waals surface area contributed by atoms with E-state index >= 15 is 0 Å². The van der Waals surface area contributed by atoms with Crippen molar-refractivity contribution >= 4 is 35.6 Å². The molecule has 0 aliphatic carbocycles. The number of aryl methyl sites for hydroxylation is 1. The molecule has 3 rings (SSSR count). The largest absolute Gasteiger partial charge is 0.356 e. The highest BCUT2D eigenvalue weighted by atomic mass is 35.5. The average Bonchev–Trinajstić information content (AvgIpc) is 3.22. The number of hydrogen-bond acceptors (Lipinski definition) is 4. The summed E-state index contributed by atoms with van der Waals surface area (Å²) in [5, 5.41) is 8.33. The Hall–Kier alpha value is -3.26. The van der Waals surface area contributed by atoms with Gasteiger partial charge in [-0.2, -0.15) is 0 Å². The molecular formula is C25H27ClFN3O4. The van der Waals surface area contributed by atoms with Gasteiger partial charge in [0, 0.05) is 30.3 Å². The quantitative estimate of drug-likeness (QED) is 0.423. The van der Waals surface area contributed by atoms with E-state index in [0.29, 0.717) is 24.8 Å². The van der Waals surface area contributed by atoms with Gasteiger partial charge in [-0.15, -0.1) is 0 Å². The molecule has 0 radical (unpaired) electrons. The Kier molecular flexibility index (Phi) is 9.16. The standard InChI is InChI=1S/C25H27ClFN3O4/c26-19-8-6-17(21(27)14-19)7-9-23(32)30-22(12-16-4-2-1-3-5-16)25(34)29-20(15-31)13-18-10-11-28-24(18)33/h1-6,8,14-15,18,20,22H,7,9-13H2,(H,28,33)(H,29,34)(H,30,32)/t18-,20-,22-/m0/s1. The van der Waals surface area contributed by atoms with Crippen LogP contribution < -0.4 is 16.0 Å². The number of rotatable bonds is 11. The lowest BCUT2D eigenvalue weighted by Gasteiger charge is -2.22. The predicted octanol–water partition coefficient (Wildman–Crippen LogP) is 2.35. The third kappa shape index (κ3) is 7.38.